The van der Waals surface area contributed by atoms with Crippen LogP contribution in [0.3, 0.4) is 0 Å². The third kappa shape index (κ3) is 4.66. The van der Waals surface area contributed by atoms with Gasteiger partial charge >= 0.3 is 0 Å². The van der Waals surface area contributed by atoms with E-state index in [1.54, 1.807) is 0 Å². The van der Waals surface area contributed by atoms with Crippen LogP contribution in [0.1, 0.15) is 0 Å². The number of fused-ring (bicyclic) bond motifs is 8. The van der Waals surface area contributed by atoms with E-state index in [2.05, 4.69) is 206 Å². The first-order chi connectivity index (χ1) is 27.8. The van der Waals surface area contributed by atoms with Crippen LogP contribution >= 0.6 is 0 Å². The Kier molecular flexibility index (Phi) is 6.73. The fraction of sp³-hybridized carbons (Fsp3) is 0. The van der Waals surface area contributed by atoms with Crippen molar-refractivity contribution in [2.24, 2.45) is 0 Å². The Morgan fingerprint density at radius 1 is 0.161 bits per heavy atom. The molecule has 0 amide bonds. The monoisotopic (exact) mass is 706 g/mol. The molecule has 0 atom stereocenters. The number of benzene rings is 12. The lowest BCUT2D eigenvalue weighted by Crippen LogP contribution is -1.96. The van der Waals surface area contributed by atoms with Gasteiger partial charge in [-0.1, -0.05) is 158 Å². The van der Waals surface area contributed by atoms with Gasteiger partial charge in [-0.2, -0.15) is 0 Å². The van der Waals surface area contributed by atoms with Gasteiger partial charge < -0.3 is 0 Å². The zero-order valence-electron chi connectivity index (χ0n) is 30.6. The van der Waals surface area contributed by atoms with Crippen LogP contribution in [-0.2, 0) is 0 Å². The van der Waals surface area contributed by atoms with Crippen molar-refractivity contribution < 1.29 is 0 Å². The second-order valence-electron chi connectivity index (χ2n) is 15.2. The molecule has 258 valence electrons. The van der Waals surface area contributed by atoms with Crippen molar-refractivity contribution in [3.63, 3.8) is 0 Å². The van der Waals surface area contributed by atoms with Crippen molar-refractivity contribution in [1.82, 2.24) is 0 Å². The molecule has 12 rings (SSSR count). The van der Waals surface area contributed by atoms with E-state index < -0.39 is 0 Å². The summed E-state index contributed by atoms with van der Waals surface area (Å²) in [7, 11) is 0. The van der Waals surface area contributed by atoms with Crippen LogP contribution in [0, 0.1) is 0 Å². The summed E-state index contributed by atoms with van der Waals surface area (Å²) in [6.07, 6.45) is 0. The van der Waals surface area contributed by atoms with E-state index >= 15 is 0 Å². The maximum absolute atomic E-state index is 2.46. The summed E-state index contributed by atoms with van der Waals surface area (Å²) in [5, 5.41) is 20.1. The SMILES string of the molecule is c1ccc(-c2c3cc4ccccc4cc3c(-c3c4cc5ccccc5cc4c(-c4ccccc4)c4cc5ccccc5cc34)c3cc4ccccc4cc23)cc1. The van der Waals surface area contributed by atoms with Gasteiger partial charge in [0.1, 0.15) is 0 Å². The molecule has 0 heterocycles. The summed E-state index contributed by atoms with van der Waals surface area (Å²) in [5.74, 6) is 0. The van der Waals surface area contributed by atoms with E-state index in [0.29, 0.717) is 0 Å². The molecule has 0 aliphatic carbocycles. The molecular formula is C56H34. The van der Waals surface area contributed by atoms with Crippen molar-refractivity contribution in [3.8, 4) is 33.4 Å². The van der Waals surface area contributed by atoms with E-state index in [0.717, 1.165) is 0 Å². The highest BCUT2D eigenvalue weighted by Gasteiger charge is 2.24. The average molecular weight is 707 g/mol. The molecule has 0 radical (unpaired) electrons. The molecule has 0 heteroatoms. The van der Waals surface area contributed by atoms with Crippen molar-refractivity contribution in [1.29, 1.82) is 0 Å². The van der Waals surface area contributed by atoms with E-state index in [9.17, 15) is 0 Å². The highest BCUT2D eigenvalue weighted by Crippen LogP contribution is 2.52. The van der Waals surface area contributed by atoms with E-state index in [1.807, 2.05) is 0 Å². The Balaban J connectivity index is 1.40. The Bertz CT molecular complexity index is 3130. The molecule has 0 aliphatic rings. The van der Waals surface area contributed by atoms with Crippen molar-refractivity contribution in [2.45, 2.75) is 0 Å². The second kappa shape index (κ2) is 12.1. The number of hydrogen-bond acceptors (Lipinski definition) is 0. The van der Waals surface area contributed by atoms with Gasteiger partial charge in [0.25, 0.3) is 0 Å². The molecule has 0 unspecified atom stereocenters. The Labute approximate surface area is 324 Å². The first kappa shape index (κ1) is 31.1. The minimum Gasteiger partial charge on any atom is -0.0622 e. The predicted octanol–water partition coefficient (Wildman–Crippen LogP) is 15.9. The fourth-order valence-corrected chi connectivity index (χ4v) is 9.57. The van der Waals surface area contributed by atoms with Crippen LogP contribution in [0.4, 0.5) is 0 Å². The number of hydrogen-bond donors (Lipinski definition) is 0. The van der Waals surface area contributed by atoms with Crippen LogP contribution in [0.2, 0.25) is 0 Å². The Hall–Kier alpha value is -7.28. The van der Waals surface area contributed by atoms with Gasteiger partial charge in [0, 0.05) is 0 Å². The third-order valence-corrected chi connectivity index (χ3v) is 12.1. The molecule has 0 nitrogen and oxygen atoms in total. The second-order valence-corrected chi connectivity index (χ2v) is 15.2. The summed E-state index contributed by atoms with van der Waals surface area (Å²) in [6.45, 7) is 0. The predicted molar refractivity (Wildman–Crippen MR) is 243 cm³/mol. The standard InChI is InChI=1S/C56H34/c1-3-15-35(16-4-1)53-45-27-37-19-7-11-23-41(37)31-49(45)55(50-32-42-24-12-8-20-38(42)28-46(50)53)56-51-33-43-25-13-9-21-39(43)29-47(51)54(36-17-5-2-6-18-36)48-30-40-22-10-14-26-44(40)34-52(48)56/h1-34H. The van der Waals surface area contributed by atoms with Gasteiger partial charge in [-0.05, 0) is 168 Å². The Morgan fingerprint density at radius 3 is 0.554 bits per heavy atom. The van der Waals surface area contributed by atoms with Gasteiger partial charge in [-0.15, -0.1) is 0 Å². The van der Waals surface area contributed by atoms with Gasteiger partial charge in [0.2, 0.25) is 0 Å². The summed E-state index contributed by atoms with van der Waals surface area (Å²) < 4.78 is 0. The normalized spacial score (nSPS) is 11.9. The van der Waals surface area contributed by atoms with E-state index in [-0.39, 0.29) is 0 Å². The zero-order valence-corrected chi connectivity index (χ0v) is 30.6. The fourth-order valence-electron chi connectivity index (χ4n) is 9.57. The Morgan fingerprint density at radius 2 is 0.339 bits per heavy atom. The molecule has 0 spiro atoms. The minimum atomic E-state index is 1.23. The maximum Gasteiger partial charge on any atom is -0.00134 e. The molecule has 0 bridgehead atoms. The first-order valence-electron chi connectivity index (χ1n) is 19.5. The lowest BCUT2D eigenvalue weighted by atomic mass is 9.79. The van der Waals surface area contributed by atoms with Crippen molar-refractivity contribution >= 4 is 86.2 Å². The molecule has 0 aliphatic heterocycles. The van der Waals surface area contributed by atoms with E-state index in [4.69, 9.17) is 0 Å². The van der Waals surface area contributed by atoms with Gasteiger partial charge in [-0.25, -0.2) is 0 Å². The first-order valence-corrected chi connectivity index (χ1v) is 19.5. The van der Waals surface area contributed by atoms with Gasteiger partial charge in [-0.3, -0.25) is 0 Å². The zero-order chi connectivity index (χ0) is 36.7. The molecule has 12 aromatic rings. The van der Waals surface area contributed by atoms with Gasteiger partial charge in [0.05, 0.1) is 0 Å². The van der Waals surface area contributed by atoms with Crippen LogP contribution in [0.5, 0.6) is 0 Å². The molecule has 0 saturated heterocycles. The summed E-state index contributed by atoms with van der Waals surface area (Å²) in [5.41, 5.74) is 7.58. The van der Waals surface area contributed by atoms with E-state index in [1.165, 1.54) is 120 Å². The van der Waals surface area contributed by atoms with Crippen LogP contribution in [0.15, 0.2) is 206 Å². The van der Waals surface area contributed by atoms with Crippen molar-refractivity contribution in [2.75, 3.05) is 0 Å². The van der Waals surface area contributed by atoms with Crippen molar-refractivity contribution in [3.05, 3.63) is 206 Å². The third-order valence-electron chi connectivity index (χ3n) is 12.1. The molecular weight excluding hydrogens is 673 g/mol. The topological polar surface area (TPSA) is 0 Å². The molecule has 12 aromatic carbocycles. The highest BCUT2D eigenvalue weighted by molar-refractivity contribution is 6.33. The largest absolute Gasteiger partial charge is 0.0622 e. The summed E-state index contributed by atoms with van der Waals surface area (Å²) in [6, 6.07) is 77.0. The molecule has 0 N–H and O–H groups in total. The summed E-state index contributed by atoms with van der Waals surface area (Å²) in [4.78, 5) is 0. The molecule has 0 aromatic heterocycles. The molecule has 0 saturated carbocycles. The minimum absolute atomic E-state index is 1.23. The molecule has 56 heavy (non-hydrogen) atoms. The lowest BCUT2D eigenvalue weighted by molar-refractivity contribution is 1.67. The van der Waals surface area contributed by atoms with Crippen LogP contribution in [0.25, 0.3) is 120 Å². The van der Waals surface area contributed by atoms with Gasteiger partial charge in [0.15, 0.2) is 0 Å². The smallest absolute Gasteiger partial charge is 0.00134 e. The summed E-state index contributed by atoms with van der Waals surface area (Å²) >= 11 is 0. The quantitative estimate of drug-likeness (QED) is 0.160. The number of rotatable bonds is 3. The average Bonchev–Trinajstić information content (AvgIpc) is 3.26. The highest BCUT2D eigenvalue weighted by atomic mass is 14.3. The van der Waals surface area contributed by atoms with Crippen LogP contribution in [-0.4, -0.2) is 0 Å². The van der Waals surface area contributed by atoms with Crippen LogP contribution < -0.4 is 0 Å². The molecule has 0 fully saturated rings. The maximum atomic E-state index is 2.46. The lowest BCUT2D eigenvalue weighted by Gasteiger charge is -2.24.